The van der Waals surface area contributed by atoms with Gasteiger partial charge in [0.2, 0.25) is 0 Å². The predicted octanol–water partition coefficient (Wildman–Crippen LogP) is 2.43. The molecule has 0 aliphatic heterocycles. The molecule has 1 unspecified atom stereocenters. The van der Waals surface area contributed by atoms with Crippen LogP contribution in [0, 0.1) is 0 Å². The molecule has 1 atom stereocenters. The minimum absolute atomic E-state index is 0.111. The summed E-state index contributed by atoms with van der Waals surface area (Å²) in [6.07, 6.45) is 7.57. The number of anilines is 2. The number of aryl methyl sites for hydroxylation is 1. The first-order valence-corrected chi connectivity index (χ1v) is 8.22. The highest BCUT2D eigenvalue weighted by Crippen LogP contribution is 2.34. The van der Waals surface area contributed by atoms with Gasteiger partial charge in [-0.2, -0.15) is 5.10 Å². The lowest BCUT2D eigenvalue weighted by Crippen LogP contribution is -2.23. The van der Waals surface area contributed by atoms with Crippen molar-refractivity contribution in [2.45, 2.75) is 25.3 Å². The van der Waals surface area contributed by atoms with Crippen molar-refractivity contribution < 1.29 is 4.79 Å². The second-order valence-corrected chi connectivity index (χ2v) is 6.04. The Labute approximate surface area is 144 Å². The van der Waals surface area contributed by atoms with Gasteiger partial charge >= 0.3 is 0 Å². The standard InChI is InChI=1S/C18H18N6O/c19-17-14(10-20-11-21-17)18(25)23-16-8-9-22-24(16)15-7-3-5-12-4-1-2-6-13(12)15/h1-2,4,6,8-11,15H,3,5,7H2,(H,23,25)(H2,19,20,21). The quantitative estimate of drug-likeness (QED) is 0.766. The SMILES string of the molecule is Nc1ncncc1C(=O)Nc1ccnn1C1CCCc2ccccc21. The minimum Gasteiger partial charge on any atom is -0.383 e. The zero-order valence-electron chi connectivity index (χ0n) is 13.6. The first-order valence-electron chi connectivity index (χ1n) is 8.22. The monoisotopic (exact) mass is 334 g/mol. The molecule has 3 aromatic rings. The molecule has 7 heteroatoms. The number of aromatic nitrogens is 4. The van der Waals surface area contributed by atoms with Crippen LogP contribution in [0.1, 0.15) is 40.4 Å². The number of benzene rings is 1. The average molecular weight is 334 g/mol. The van der Waals surface area contributed by atoms with Crippen LogP contribution in [0.4, 0.5) is 11.6 Å². The molecule has 1 amide bonds. The summed E-state index contributed by atoms with van der Waals surface area (Å²) in [4.78, 5) is 20.2. The van der Waals surface area contributed by atoms with Crippen molar-refractivity contribution in [2.75, 3.05) is 11.1 Å². The predicted molar refractivity (Wildman–Crippen MR) is 94.1 cm³/mol. The lowest BCUT2D eigenvalue weighted by molar-refractivity contribution is 0.102. The topological polar surface area (TPSA) is 98.7 Å². The highest BCUT2D eigenvalue weighted by atomic mass is 16.1. The third-order valence-electron chi connectivity index (χ3n) is 4.53. The second kappa shape index (κ2) is 6.35. The summed E-state index contributed by atoms with van der Waals surface area (Å²) in [5.41, 5.74) is 8.61. The molecular weight excluding hydrogens is 316 g/mol. The van der Waals surface area contributed by atoms with E-state index >= 15 is 0 Å². The van der Waals surface area contributed by atoms with Gasteiger partial charge in [0, 0.05) is 12.3 Å². The highest BCUT2D eigenvalue weighted by molar-refractivity contribution is 6.06. The number of fused-ring (bicyclic) bond motifs is 1. The van der Waals surface area contributed by atoms with Crippen molar-refractivity contribution in [3.8, 4) is 0 Å². The molecule has 0 bridgehead atoms. The normalized spacial score (nSPS) is 16.2. The van der Waals surface area contributed by atoms with E-state index in [-0.39, 0.29) is 23.3 Å². The summed E-state index contributed by atoms with van der Waals surface area (Å²) in [6.45, 7) is 0. The number of nitrogens with two attached hydrogens (primary N) is 1. The highest BCUT2D eigenvalue weighted by Gasteiger charge is 2.24. The summed E-state index contributed by atoms with van der Waals surface area (Å²) in [6, 6.07) is 10.3. The number of carbonyl (C=O) groups excluding carboxylic acids is 1. The third kappa shape index (κ3) is 2.84. The maximum absolute atomic E-state index is 12.5. The Balaban J connectivity index is 1.64. The van der Waals surface area contributed by atoms with E-state index in [0.717, 1.165) is 19.3 Å². The van der Waals surface area contributed by atoms with Crippen molar-refractivity contribution in [1.29, 1.82) is 0 Å². The smallest absolute Gasteiger partial charge is 0.262 e. The maximum atomic E-state index is 12.5. The van der Waals surface area contributed by atoms with Gasteiger partial charge in [0.05, 0.1) is 12.2 Å². The molecule has 2 heterocycles. The summed E-state index contributed by atoms with van der Waals surface area (Å²) < 4.78 is 1.87. The number of hydrogen-bond donors (Lipinski definition) is 2. The number of rotatable bonds is 3. The van der Waals surface area contributed by atoms with Gasteiger partial charge in [-0.05, 0) is 30.4 Å². The Bertz CT molecular complexity index is 919. The van der Waals surface area contributed by atoms with Crippen LogP contribution >= 0.6 is 0 Å². The molecular formula is C18H18N6O. The van der Waals surface area contributed by atoms with Crippen LogP contribution in [0.5, 0.6) is 0 Å². The van der Waals surface area contributed by atoms with E-state index in [2.05, 4.69) is 38.6 Å². The fourth-order valence-corrected chi connectivity index (χ4v) is 3.34. The molecule has 7 nitrogen and oxygen atoms in total. The molecule has 2 aromatic heterocycles. The number of nitrogens with one attached hydrogen (secondary N) is 1. The molecule has 25 heavy (non-hydrogen) atoms. The Morgan fingerprint density at radius 1 is 1.28 bits per heavy atom. The summed E-state index contributed by atoms with van der Waals surface area (Å²) in [7, 11) is 0. The van der Waals surface area contributed by atoms with Crippen LogP contribution in [0.3, 0.4) is 0 Å². The molecule has 1 aliphatic carbocycles. The molecule has 0 radical (unpaired) electrons. The molecule has 3 N–H and O–H groups in total. The van der Waals surface area contributed by atoms with E-state index in [9.17, 15) is 4.79 Å². The van der Waals surface area contributed by atoms with Crippen molar-refractivity contribution in [3.05, 3.63) is 65.7 Å². The van der Waals surface area contributed by atoms with E-state index in [4.69, 9.17) is 5.73 Å². The third-order valence-corrected chi connectivity index (χ3v) is 4.53. The summed E-state index contributed by atoms with van der Waals surface area (Å²) in [5.74, 6) is 0.445. The van der Waals surface area contributed by atoms with Gasteiger partial charge in [0.15, 0.2) is 0 Å². The largest absolute Gasteiger partial charge is 0.383 e. The minimum atomic E-state index is -0.344. The van der Waals surface area contributed by atoms with Crippen molar-refractivity contribution in [1.82, 2.24) is 19.7 Å². The number of carbonyl (C=O) groups is 1. The molecule has 0 spiro atoms. The summed E-state index contributed by atoms with van der Waals surface area (Å²) in [5, 5.41) is 7.32. The van der Waals surface area contributed by atoms with Crippen molar-refractivity contribution >= 4 is 17.5 Å². The fourth-order valence-electron chi connectivity index (χ4n) is 3.34. The lowest BCUT2D eigenvalue weighted by atomic mass is 9.88. The fraction of sp³-hybridized carbons (Fsp3) is 0.222. The van der Waals surface area contributed by atoms with Crippen LogP contribution in [-0.4, -0.2) is 25.7 Å². The van der Waals surface area contributed by atoms with Gasteiger partial charge in [-0.3, -0.25) is 4.79 Å². The van der Waals surface area contributed by atoms with Crippen LogP contribution in [0.15, 0.2) is 49.1 Å². The average Bonchev–Trinajstić information content (AvgIpc) is 3.09. The van der Waals surface area contributed by atoms with Gasteiger partial charge in [0.25, 0.3) is 5.91 Å². The van der Waals surface area contributed by atoms with Crippen molar-refractivity contribution in [3.63, 3.8) is 0 Å². The first-order chi connectivity index (χ1) is 12.2. The van der Waals surface area contributed by atoms with Gasteiger partial charge < -0.3 is 11.1 Å². The Morgan fingerprint density at radius 2 is 2.16 bits per heavy atom. The van der Waals surface area contributed by atoms with Crippen LogP contribution in [0.25, 0.3) is 0 Å². The number of hydrogen-bond acceptors (Lipinski definition) is 5. The van der Waals surface area contributed by atoms with Gasteiger partial charge in [-0.15, -0.1) is 0 Å². The Morgan fingerprint density at radius 3 is 3.04 bits per heavy atom. The zero-order valence-corrected chi connectivity index (χ0v) is 13.6. The molecule has 1 aliphatic rings. The molecule has 0 fully saturated rings. The second-order valence-electron chi connectivity index (χ2n) is 6.04. The maximum Gasteiger partial charge on any atom is 0.262 e. The van der Waals surface area contributed by atoms with Crippen LogP contribution in [-0.2, 0) is 6.42 Å². The molecule has 1 aromatic carbocycles. The van der Waals surface area contributed by atoms with Gasteiger partial charge in [-0.25, -0.2) is 14.6 Å². The van der Waals surface area contributed by atoms with E-state index in [0.29, 0.717) is 5.82 Å². The number of amides is 1. The van der Waals surface area contributed by atoms with Gasteiger partial charge in [0.1, 0.15) is 23.5 Å². The molecule has 126 valence electrons. The van der Waals surface area contributed by atoms with Crippen LogP contribution in [0.2, 0.25) is 0 Å². The van der Waals surface area contributed by atoms with E-state index in [1.54, 1.807) is 12.3 Å². The first kappa shape index (κ1) is 15.3. The van der Waals surface area contributed by atoms with Gasteiger partial charge in [-0.1, -0.05) is 24.3 Å². The summed E-state index contributed by atoms with van der Waals surface area (Å²) >= 11 is 0. The zero-order chi connectivity index (χ0) is 17.2. The lowest BCUT2D eigenvalue weighted by Gasteiger charge is -2.27. The Hall–Kier alpha value is -3.22. The molecule has 0 saturated carbocycles. The van der Waals surface area contributed by atoms with E-state index in [1.807, 2.05) is 10.7 Å². The van der Waals surface area contributed by atoms with E-state index < -0.39 is 0 Å². The van der Waals surface area contributed by atoms with Crippen molar-refractivity contribution in [2.24, 2.45) is 0 Å². The van der Waals surface area contributed by atoms with E-state index in [1.165, 1.54) is 23.7 Å². The molecule has 0 saturated heterocycles. The number of nitrogen functional groups attached to an aromatic ring is 1. The molecule has 4 rings (SSSR count). The van der Waals surface area contributed by atoms with Crippen LogP contribution < -0.4 is 11.1 Å². The Kier molecular flexibility index (Phi) is 3.89. The number of nitrogens with zero attached hydrogens (tertiary/aromatic N) is 4.